The molecule has 4 heteroatoms. The molecule has 2 nitrogen and oxygen atoms in total. The van der Waals surface area contributed by atoms with Gasteiger partial charge in [0.15, 0.2) is 0 Å². The van der Waals surface area contributed by atoms with Crippen molar-refractivity contribution in [2.24, 2.45) is 0 Å². The van der Waals surface area contributed by atoms with Crippen molar-refractivity contribution < 1.29 is 5.11 Å². The molecule has 0 radical (unpaired) electrons. The summed E-state index contributed by atoms with van der Waals surface area (Å²) in [6.07, 6.45) is 1.08. The van der Waals surface area contributed by atoms with E-state index in [1.165, 1.54) is 0 Å². The lowest BCUT2D eigenvalue weighted by molar-refractivity contribution is 0.220. The molecule has 0 aliphatic carbocycles. The molecule has 0 aliphatic rings. The Hall–Kier alpha value is -1.48. The Balaban J connectivity index is 2.07. The summed E-state index contributed by atoms with van der Waals surface area (Å²) in [5.74, 6) is 0. The lowest BCUT2D eigenvalue weighted by atomic mass is 10.0. The first kappa shape index (κ1) is 12.5. The van der Waals surface area contributed by atoms with Gasteiger partial charge in [-0.15, -0.1) is 0 Å². The average Bonchev–Trinajstić information content (AvgIpc) is 2.88. The maximum Gasteiger partial charge on any atom is 0.106 e. The van der Waals surface area contributed by atoms with Gasteiger partial charge < -0.3 is 10.1 Å². The minimum Gasteiger partial charge on any atom is -0.384 e. The van der Waals surface area contributed by atoms with Crippen molar-refractivity contribution in [1.82, 2.24) is 4.98 Å². The second-order valence-corrected chi connectivity index (χ2v) is 5.16. The number of fused-ring (bicyclic) bond motifs is 1. The predicted molar refractivity (Wildman–Crippen MR) is 78.8 cm³/mol. The zero-order chi connectivity index (χ0) is 13.4. The standard InChI is InChI=1S/C15H11Cl2NO/c16-12-3-1-2-11(14(12)17)15(19)10-4-5-13-9(8-10)6-7-18-13/h1-8,15,18-19H. The smallest absolute Gasteiger partial charge is 0.106 e. The molecule has 0 amide bonds. The average molecular weight is 292 g/mol. The number of aromatic nitrogens is 1. The topological polar surface area (TPSA) is 36.0 Å². The monoisotopic (exact) mass is 291 g/mol. The van der Waals surface area contributed by atoms with E-state index in [0.29, 0.717) is 15.6 Å². The molecule has 0 saturated carbocycles. The van der Waals surface area contributed by atoms with Gasteiger partial charge in [0.1, 0.15) is 6.10 Å². The Labute approximate surface area is 120 Å². The van der Waals surface area contributed by atoms with E-state index in [9.17, 15) is 5.11 Å². The van der Waals surface area contributed by atoms with Crippen LogP contribution in [0, 0.1) is 0 Å². The molecule has 2 aromatic carbocycles. The van der Waals surface area contributed by atoms with Crippen LogP contribution in [0.5, 0.6) is 0 Å². The third kappa shape index (κ3) is 2.23. The van der Waals surface area contributed by atoms with Gasteiger partial charge in [-0.2, -0.15) is 0 Å². The van der Waals surface area contributed by atoms with E-state index < -0.39 is 6.10 Å². The normalized spacial score (nSPS) is 12.8. The fourth-order valence-electron chi connectivity index (χ4n) is 2.15. The predicted octanol–water partition coefficient (Wildman–Crippen LogP) is 4.56. The van der Waals surface area contributed by atoms with Gasteiger partial charge in [0.25, 0.3) is 0 Å². The van der Waals surface area contributed by atoms with Gasteiger partial charge in [-0.05, 0) is 35.2 Å². The van der Waals surface area contributed by atoms with E-state index in [1.807, 2.05) is 30.5 Å². The van der Waals surface area contributed by atoms with Gasteiger partial charge in [0, 0.05) is 17.3 Å². The number of hydrogen-bond acceptors (Lipinski definition) is 1. The first-order valence-electron chi connectivity index (χ1n) is 5.86. The summed E-state index contributed by atoms with van der Waals surface area (Å²) < 4.78 is 0. The van der Waals surface area contributed by atoms with Crippen LogP contribution in [0.1, 0.15) is 17.2 Å². The second kappa shape index (κ2) is 4.89. The van der Waals surface area contributed by atoms with Gasteiger partial charge in [0.05, 0.1) is 10.0 Å². The maximum atomic E-state index is 10.4. The first-order chi connectivity index (χ1) is 9.16. The summed E-state index contributed by atoms with van der Waals surface area (Å²) in [5.41, 5.74) is 2.44. The summed E-state index contributed by atoms with van der Waals surface area (Å²) in [6, 6.07) is 13.0. The van der Waals surface area contributed by atoms with E-state index in [4.69, 9.17) is 23.2 Å². The fourth-order valence-corrected chi connectivity index (χ4v) is 2.56. The highest BCUT2D eigenvalue weighted by atomic mass is 35.5. The third-order valence-electron chi connectivity index (χ3n) is 3.17. The Kier molecular flexibility index (Phi) is 3.23. The number of benzene rings is 2. The van der Waals surface area contributed by atoms with Crippen molar-refractivity contribution in [2.75, 3.05) is 0 Å². The van der Waals surface area contributed by atoms with E-state index >= 15 is 0 Å². The van der Waals surface area contributed by atoms with Crippen LogP contribution in [-0.4, -0.2) is 10.1 Å². The molecule has 19 heavy (non-hydrogen) atoms. The summed E-state index contributed by atoms with van der Waals surface area (Å²) >= 11 is 12.1. The van der Waals surface area contributed by atoms with Crippen molar-refractivity contribution in [3.05, 3.63) is 69.8 Å². The van der Waals surface area contributed by atoms with Gasteiger partial charge in [-0.3, -0.25) is 0 Å². The van der Waals surface area contributed by atoms with Crippen molar-refractivity contribution in [3.63, 3.8) is 0 Å². The van der Waals surface area contributed by atoms with Crippen LogP contribution in [0.25, 0.3) is 10.9 Å². The van der Waals surface area contributed by atoms with Crippen LogP contribution in [0.2, 0.25) is 10.0 Å². The Morgan fingerprint density at radius 1 is 1.05 bits per heavy atom. The van der Waals surface area contributed by atoms with Crippen LogP contribution in [0.15, 0.2) is 48.7 Å². The highest BCUT2D eigenvalue weighted by molar-refractivity contribution is 6.42. The summed E-state index contributed by atoms with van der Waals surface area (Å²) in [6.45, 7) is 0. The number of aliphatic hydroxyl groups excluding tert-OH is 1. The number of rotatable bonds is 2. The number of hydrogen-bond donors (Lipinski definition) is 2. The summed E-state index contributed by atoms with van der Waals surface area (Å²) in [5, 5.41) is 12.3. The molecule has 2 N–H and O–H groups in total. The molecule has 96 valence electrons. The van der Waals surface area contributed by atoms with Crippen molar-refractivity contribution >= 4 is 34.1 Å². The molecular formula is C15H11Cl2NO. The van der Waals surface area contributed by atoms with E-state index in [1.54, 1.807) is 18.2 Å². The van der Waals surface area contributed by atoms with Crippen LogP contribution >= 0.6 is 23.2 Å². The van der Waals surface area contributed by atoms with Gasteiger partial charge >= 0.3 is 0 Å². The first-order valence-corrected chi connectivity index (χ1v) is 6.61. The zero-order valence-electron chi connectivity index (χ0n) is 9.90. The fraction of sp³-hybridized carbons (Fsp3) is 0.0667. The minimum atomic E-state index is -0.787. The minimum absolute atomic E-state index is 0.394. The summed E-state index contributed by atoms with van der Waals surface area (Å²) in [7, 11) is 0. The second-order valence-electron chi connectivity index (χ2n) is 4.37. The molecule has 1 aromatic heterocycles. The van der Waals surface area contributed by atoms with Crippen LogP contribution < -0.4 is 0 Å². The lowest BCUT2D eigenvalue weighted by Crippen LogP contribution is -2.00. The molecule has 0 fully saturated rings. The SMILES string of the molecule is OC(c1ccc2[nH]ccc2c1)c1cccc(Cl)c1Cl. The van der Waals surface area contributed by atoms with Crippen molar-refractivity contribution in [2.45, 2.75) is 6.10 Å². The highest BCUT2D eigenvalue weighted by Crippen LogP contribution is 2.33. The van der Waals surface area contributed by atoms with Gasteiger partial charge in [0.2, 0.25) is 0 Å². The highest BCUT2D eigenvalue weighted by Gasteiger charge is 2.16. The molecular weight excluding hydrogens is 281 g/mol. The molecule has 0 spiro atoms. The van der Waals surface area contributed by atoms with E-state index in [0.717, 1.165) is 16.5 Å². The van der Waals surface area contributed by atoms with Crippen LogP contribution in [-0.2, 0) is 0 Å². The Morgan fingerprint density at radius 3 is 2.74 bits per heavy atom. The molecule has 1 heterocycles. The molecule has 1 atom stereocenters. The quantitative estimate of drug-likeness (QED) is 0.714. The molecule has 0 aliphatic heterocycles. The number of aromatic amines is 1. The van der Waals surface area contributed by atoms with Gasteiger partial charge in [-0.25, -0.2) is 0 Å². The Morgan fingerprint density at radius 2 is 1.89 bits per heavy atom. The number of halogens is 2. The molecule has 1 unspecified atom stereocenters. The molecule has 3 rings (SSSR count). The zero-order valence-corrected chi connectivity index (χ0v) is 11.4. The Bertz CT molecular complexity index is 736. The molecule has 0 bridgehead atoms. The molecule has 0 saturated heterocycles. The van der Waals surface area contributed by atoms with E-state index in [2.05, 4.69) is 4.98 Å². The largest absolute Gasteiger partial charge is 0.384 e. The van der Waals surface area contributed by atoms with Crippen molar-refractivity contribution in [3.8, 4) is 0 Å². The lowest BCUT2D eigenvalue weighted by Gasteiger charge is -2.14. The third-order valence-corrected chi connectivity index (χ3v) is 4.00. The van der Waals surface area contributed by atoms with Crippen molar-refractivity contribution in [1.29, 1.82) is 0 Å². The number of aliphatic hydroxyl groups is 1. The van der Waals surface area contributed by atoms with Crippen LogP contribution in [0.4, 0.5) is 0 Å². The number of H-pyrrole nitrogens is 1. The van der Waals surface area contributed by atoms with E-state index in [-0.39, 0.29) is 0 Å². The van der Waals surface area contributed by atoms with Crippen LogP contribution in [0.3, 0.4) is 0 Å². The number of nitrogens with one attached hydrogen (secondary N) is 1. The molecule has 3 aromatic rings. The summed E-state index contributed by atoms with van der Waals surface area (Å²) in [4.78, 5) is 3.12. The van der Waals surface area contributed by atoms with Gasteiger partial charge in [-0.1, -0.05) is 41.4 Å². The maximum absolute atomic E-state index is 10.4.